The first-order valence-electron chi connectivity index (χ1n) is 6.17. The van der Waals surface area contributed by atoms with Gasteiger partial charge in [0.15, 0.2) is 5.82 Å². The second-order valence-electron chi connectivity index (χ2n) is 4.48. The normalized spacial score (nSPS) is 23.8. The summed E-state index contributed by atoms with van der Waals surface area (Å²) in [5.74, 6) is -0.995. The fourth-order valence-electron chi connectivity index (χ4n) is 2.32. The third-order valence-electron chi connectivity index (χ3n) is 3.16. The van der Waals surface area contributed by atoms with Crippen LogP contribution in [-0.4, -0.2) is 40.3 Å². The number of nitrogens with two attached hydrogens (primary N) is 2. The predicted molar refractivity (Wildman–Crippen MR) is 82.9 cm³/mol. The topological polar surface area (TPSA) is 166 Å². The molecule has 0 fully saturated rings. The van der Waals surface area contributed by atoms with Crippen molar-refractivity contribution >= 4 is 27.7 Å². The average molecular weight is 352 g/mol. The second-order valence-corrected chi connectivity index (χ2v) is 7.39. The number of primary sulfonamides is 1. The third kappa shape index (κ3) is 3.09. The maximum absolute atomic E-state index is 12.1. The van der Waals surface area contributed by atoms with Gasteiger partial charge in [-0.1, -0.05) is 18.2 Å². The van der Waals surface area contributed by atoms with Crippen LogP contribution in [0.3, 0.4) is 0 Å². The van der Waals surface area contributed by atoms with Crippen molar-refractivity contribution in [3.05, 3.63) is 42.3 Å². The minimum Gasteiger partial charge on any atom is -0.366 e. The molecule has 0 bridgehead atoms. The molecule has 120 valence electrons. The highest BCUT2D eigenvalue weighted by Gasteiger charge is 2.53. The first-order chi connectivity index (χ1) is 10.8. The molecule has 2 unspecified atom stereocenters. The van der Waals surface area contributed by atoms with Crippen molar-refractivity contribution in [1.82, 2.24) is 15.0 Å². The van der Waals surface area contributed by atoms with E-state index in [1.54, 1.807) is 0 Å². The van der Waals surface area contributed by atoms with Gasteiger partial charge in [-0.15, -0.1) is 11.8 Å². The van der Waals surface area contributed by atoms with Crippen LogP contribution in [0.2, 0.25) is 0 Å². The van der Waals surface area contributed by atoms with Gasteiger partial charge in [0.25, 0.3) is 0 Å². The van der Waals surface area contributed by atoms with E-state index in [9.17, 15) is 13.2 Å². The molecule has 1 aromatic rings. The van der Waals surface area contributed by atoms with E-state index in [0.717, 1.165) is 24.4 Å². The Kier molecular flexibility index (Phi) is 4.79. The Labute approximate surface area is 136 Å². The molecule has 1 aliphatic carbocycles. The summed E-state index contributed by atoms with van der Waals surface area (Å²) >= 11 is 0.876. The molecule has 2 rings (SSSR count). The number of allylic oxidation sites excluding steroid dienone is 2. The molecule has 0 saturated carbocycles. The Morgan fingerprint density at radius 1 is 1.43 bits per heavy atom. The zero-order valence-corrected chi connectivity index (χ0v) is 13.3. The van der Waals surface area contributed by atoms with Crippen LogP contribution < -0.4 is 10.9 Å². The molecular weight excluding hydrogens is 340 g/mol. The molecule has 0 saturated heterocycles. The minimum atomic E-state index is -4.14. The molecule has 1 amide bonds. The summed E-state index contributed by atoms with van der Waals surface area (Å²) in [5.41, 5.74) is 5.36. The van der Waals surface area contributed by atoms with Gasteiger partial charge in [0.1, 0.15) is 22.7 Å². The van der Waals surface area contributed by atoms with E-state index in [-0.39, 0.29) is 17.2 Å². The Bertz CT molecular complexity index is 815. The molecule has 0 radical (unpaired) electrons. The van der Waals surface area contributed by atoms with E-state index >= 15 is 0 Å². The summed E-state index contributed by atoms with van der Waals surface area (Å²) in [4.78, 5) is 23.5. The van der Waals surface area contributed by atoms with Crippen molar-refractivity contribution in [2.45, 2.75) is 10.00 Å². The molecule has 1 heterocycles. The fraction of sp³-hybridized carbons (Fsp3) is 0.250. The standard InChI is InChI=1S/C12H12N6O3S2/c13-4-5-22-12(11-17-6-16-7-18-11)8(10(14)19)2-1-3-9(12)23(15,20)21/h1-3,6-7,9H,5H2,(H2,14,19)(H2,15,20,21). The Morgan fingerprint density at radius 2 is 2.09 bits per heavy atom. The number of carbonyl (C=O) groups excluding carboxylic acids is 1. The van der Waals surface area contributed by atoms with Crippen molar-refractivity contribution in [3.63, 3.8) is 0 Å². The maximum atomic E-state index is 12.1. The molecule has 9 nitrogen and oxygen atoms in total. The largest absolute Gasteiger partial charge is 0.366 e. The number of amides is 1. The van der Waals surface area contributed by atoms with Gasteiger partial charge in [-0.25, -0.2) is 28.5 Å². The summed E-state index contributed by atoms with van der Waals surface area (Å²) < 4.78 is 22.6. The third-order valence-corrected chi connectivity index (χ3v) is 5.91. The van der Waals surface area contributed by atoms with Crippen molar-refractivity contribution in [3.8, 4) is 6.07 Å². The van der Waals surface area contributed by atoms with Crippen LogP contribution in [0, 0.1) is 11.3 Å². The predicted octanol–water partition coefficient (Wildman–Crippen LogP) is -1.04. The number of thioether (sulfide) groups is 1. The van der Waals surface area contributed by atoms with Crippen LogP contribution in [-0.2, 0) is 19.6 Å². The number of carbonyl (C=O) groups is 1. The van der Waals surface area contributed by atoms with E-state index in [1.807, 2.05) is 6.07 Å². The van der Waals surface area contributed by atoms with E-state index in [2.05, 4.69) is 15.0 Å². The highest BCUT2D eigenvalue weighted by molar-refractivity contribution is 8.02. The molecule has 0 aliphatic heterocycles. The van der Waals surface area contributed by atoms with Gasteiger partial charge in [-0.05, 0) is 0 Å². The molecule has 0 spiro atoms. The van der Waals surface area contributed by atoms with E-state index in [1.165, 1.54) is 18.2 Å². The van der Waals surface area contributed by atoms with Gasteiger partial charge >= 0.3 is 0 Å². The van der Waals surface area contributed by atoms with Crippen LogP contribution in [0.25, 0.3) is 0 Å². The zero-order chi connectivity index (χ0) is 17.1. The molecule has 4 N–H and O–H groups in total. The highest BCUT2D eigenvalue weighted by Crippen LogP contribution is 2.48. The van der Waals surface area contributed by atoms with Crippen molar-refractivity contribution in [2.24, 2.45) is 10.9 Å². The lowest BCUT2D eigenvalue weighted by Crippen LogP contribution is -2.50. The number of primary amides is 1. The van der Waals surface area contributed by atoms with Gasteiger partial charge in [0, 0.05) is 5.57 Å². The quantitative estimate of drug-likeness (QED) is 0.678. The lowest BCUT2D eigenvalue weighted by molar-refractivity contribution is -0.115. The van der Waals surface area contributed by atoms with Gasteiger partial charge in [0.05, 0.1) is 11.8 Å². The molecule has 11 heteroatoms. The first-order valence-corrected chi connectivity index (χ1v) is 8.77. The number of nitriles is 1. The van der Waals surface area contributed by atoms with Crippen molar-refractivity contribution < 1.29 is 13.2 Å². The summed E-state index contributed by atoms with van der Waals surface area (Å²) in [7, 11) is -4.14. The summed E-state index contributed by atoms with van der Waals surface area (Å²) in [5, 5.41) is 12.9. The monoisotopic (exact) mass is 352 g/mol. The van der Waals surface area contributed by atoms with Gasteiger partial charge in [-0.3, -0.25) is 4.79 Å². The number of aromatic nitrogens is 3. The van der Waals surface area contributed by atoms with Gasteiger partial charge < -0.3 is 5.73 Å². The first kappa shape index (κ1) is 17.1. The van der Waals surface area contributed by atoms with Gasteiger partial charge in [-0.2, -0.15) is 5.26 Å². The van der Waals surface area contributed by atoms with E-state index in [4.69, 9.17) is 16.1 Å². The van der Waals surface area contributed by atoms with Crippen LogP contribution in [0.1, 0.15) is 5.82 Å². The lowest BCUT2D eigenvalue weighted by atomic mass is 9.88. The van der Waals surface area contributed by atoms with E-state index < -0.39 is 25.9 Å². The van der Waals surface area contributed by atoms with Crippen LogP contribution in [0.4, 0.5) is 0 Å². The number of hydrogen-bond acceptors (Lipinski definition) is 8. The molecule has 23 heavy (non-hydrogen) atoms. The maximum Gasteiger partial charge on any atom is 0.246 e. The second kappa shape index (κ2) is 6.45. The smallest absolute Gasteiger partial charge is 0.246 e. The Morgan fingerprint density at radius 3 is 2.61 bits per heavy atom. The number of sulfonamides is 1. The van der Waals surface area contributed by atoms with Crippen LogP contribution in [0.15, 0.2) is 36.5 Å². The van der Waals surface area contributed by atoms with E-state index in [0.29, 0.717) is 0 Å². The summed E-state index contributed by atoms with van der Waals surface area (Å²) in [6.07, 6.45) is 6.39. The Hall–Kier alpha value is -2.29. The Balaban J connectivity index is 2.80. The minimum absolute atomic E-state index is 0.0128. The molecule has 1 aromatic heterocycles. The number of hydrogen-bond donors (Lipinski definition) is 2. The molecule has 1 aliphatic rings. The lowest BCUT2D eigenvalue weighted by Gasteiger charge is -2.38. The average Bonchev–Trinajstić information content (AvgIpc) is 2.52. The molecular formula is C12H12N6O3S2. The number of rotatable bonds is 5. The highest BCUT2D eigenvalue weighted by atomic mass is 32.2. The summed E-state index contributed by atoms with van der Waals surface area (Å²) in [6.45, 7) is 0. The SMILES string of the molecule is N#CCSC1(c2ncncn2)C(C(N)=O)=CC=CC1S(N)(=O)=O. The number of nitrogens with zero attached hydrogens (tertiary/aromatic N) is 4. The fourth-order valence-corrected chi connectivity index (χ4v) is 5.03. The van der Waals surface area contributed by atoms with Crippen LogP contribution in [0.5, 0.6) is 0 Å². The zero-order valence-electron chi connectivity index (χ0n) is 11.7. The van der Waals surface area contributed by atoms with Gasteiger partial charge in [0.2, 0.25) is 15.9 Å². The van der Waals surface area contributed by atoms with Crippen LogP contribution >= 0.6 is 11.8 Å². The van der Waals surface area contributed by atoms with Crippen molar-refractivity contribution in [2.75, 3.05) is 5.75 Å². The van der Waals surface area contributed by atoms with Crippen molar-refractivity contribution in [1.29, 1.82) is 5.26 Å². The molecule has 2 atom stereocenters. The summed E-state index contributed by atoms with van der Waals surface area (Å²) in [6, 6.07) is 1.89. The molecule has 0 aromatic carbocycles.